The first kappa shape index (κ1) is 18.0. The zero-order chi connectivity index (χ0) is 17.9. The SMILES string of the molecule is Cc1ccc(C(O)c2cccc(N(C)C(=O)OC(C)(C)C)c2)cc1. The number of rotatable bonds is 3. The molecule has 0 bridgehead atoms. The van der Waals surface area contributed by atoms with Crippen molar-refractivity contribution in [2.24, 2.45) is 0 Å². The number of carbonyl (C=O) groups excluding carboxylic acids is 1. The second-order valence-electron chi connectivity index (χ2n) is 6.95. The summed E-state index contributed by atoms with van der Waals surface area (Å²) in [5.41, 5.74) is 2.81. The standard InChI is InChI=1S/C20H25NO3/c1-14-9-11-15(12-10-14)18(22)16-7-6-8-17(13-16)21(5)19(23)24-20(2,3)4/h6-13,18,22H,1-5H3. The lowest BCUT2D eigenvalue weighted by molar-refractivity contribution is 0.0589. The van der Waals surface area contributed by atoms with Gasteiger partial charge in [-0.15, -0.1) is 0 Å². The molecule has 4 nitrogen and oxygen atoms in total. The predicted octanol–water partition coefficient (Wildman–Crippen LogP) is 4.45. The van der Waals surface area contributed by atoms with E-state index < -0.39 is 17.8 Å². The van der Waals surface area contributed by atoms with Crippen molar-refractivity contribution >= 4 is 11.8 Å². The highest BCUT2D eigenvalue weighted by Gasteiger charge is 2.21. The highest BCUT2D eigenvalue weighted by atomic mass is 16.6. The second-order valence-corrected chi connectivity index (χ2v) is 6.95. The molecule has 0 aliphatic heterocycles. The van der Waals surface area contributed by atoms with E-state index in [9.17, 15) is 9.90 Å². The third kappa shape index (κ3) is 4.59. The summed E-state index contributed by atoms with van der Waals surface area (Å²) in [6.07, 6.45) is -1.16. The Morgan fingerprint density at radius 3 is 2.29 bits per heavy atom. The zero-order valence-electron chi connectivity index (χ0n) is 14.9. The number of aliphatic hydroxyl groups is 1. The smallest absolute Gasteiger partial charge is 0.414 e. The summed E-state index contributed by atoms with van der Waals surface area (Å²) in [7, 11) is 1.66. The van der Waals surface area contributed by atoms with Crippen molar-refractivity contribution in [3.8, 4) is 0 Å². The van der Waals surface area contributed by atoms with Crippen LogP contribution in [0, 0.1) is 6.92 Å². The summed E-state index contributed by atoms with van der Waals surface area (Å²) in [6.45, 7) is 7.50. The summed E-state index contributed by atoms with van der Waals surface area (Å²) in [5, 5.41) is 10.6. The van der Waals surface area contributed by atoms with E-state index in [4.69, 9.17) is 4.74 Å². The van der Waals surface area contributed by atoms with Crippen LogP contribution in [0.5, 0.6) is 0 Å². The lowest BCUT2D eigenvalue weighted by Crippen LogP contribution is -2.34. The van der Waals surface area contributed by atoms with Crippen LogP contribution < -0.4 is 4.90 Å². The first-order valence-corrected chi connectivity index (χ1v) is 7.99. The lowest BCUT2D eigenvalue weighted by Gasteiger charge is -2.25. The average molecular weight is 327 g/mol. The van der Waals surface area contributed by atoms with Crippen LogP contribution in [0.1, 0.15) is 43.6 Å². The fourth-order valence-corrected chi connectivity index (χ4v) is 2.28. The van der Waals surface area contributed by atoms with E-state index in [1.54, 1.807) is 13.1 Å². The molecule has 2 rings (SSSR count). The Balaban J connectivity index is 2.22. The van der Waals surface area contributed by atoms with Gasteiger partial charge in [0.25, 0.3) is 0 Å². The van der Waals surface area contributed by atoms with Gasteiger partial charge in [0.1, 0.15) is 11.7 Å². The van der Waals surface area contributed by atoms with Gasteiger partial charge >= 0.3 is 6.09 Å². The summed E-state index contributed by atoms with van der Waals surface area (Å²) >= 11 is 0. The zero-order valence-corrected chi connectivity index (χ0v) is 14.9. The maximum Gasteiger partial charge on any atom is 0.414 e. The Kier molecular flexibility index (Phi) is 5.30. The molecule has 128 valence electrons. The van der Waals surface area contributed by atoms with Crippen LogP contribution in [0.15, 0.2) is 48.5 Å². The summed E-state index contributed by atoms with van der Waals surface area (Å²) in [6, 6.07) is 15.0. The van der Waals surface area contributed by atoms with Crippen LogP contribution >= 0.6 is 0 Å². The van der Waals surface area contributed by atoms with Gasteiger partial charge in [0.05, 0.1) is 0 Å². The number of nitrogens with zero attached hydrogens (tertiary/aromatic N) is 1. The van der Waals surface area contributed by atoms with Gasteiger partial charge in [-0.1, -0.05) is 42.0 Å². The Hall–Kier alpha value is -2.33. The molecular formula is C20H25NO3. The van der Waals surface area contributed by atoms with Crippen LogP contribution in [-0.2, 0) is 4.74 Å². The van der Waals surface area contributed by atoms with Crippen molar-refractivity contribution in [1.82, 2.24) is 0 Å². The molecule has 0 aromatic heterocycles. The molecule has 1 atom stereocenters. The van der Waals surface area contributed by atoms with E-state index in [1.807, 2.05) is 70.2 Å². The van der Waals surface area contributed by atoms with Gasteiger partial charge in [0, 0.05) is 12.7 Å². The van der Waals surface area contributed by atoms with E-state index in [1.165, 1.54) is 4.90 Å². The van der Waals surface area contributed by atoms with Crippen LogP contribution in [-0.4, -0.2) is 23.8 Å². The third-order valence-corrected chi connectivity index (χ3v) is 3.63. The molecule has 1 unspecified atom stereocenters. The van der Waals surface area contributed by atoms with Gasteiger partial charge in [0.2, 0.25) is 0 Å². The molecule has 0 aliphatic carbocycles. The molecule has 0 radical (unpaired) electrons. The van der Waals surface area contributed by atoms with Crippen molar-refractivity contribution in [3.63, 3.8) is 0 Å². The predicted molar refractivity (Wildman–Crippen MR) is 96.3 cm³/mol. The molecule has 0 aliphatic rings. The van der Waals surface area contributed by atoms with Crippen molar-refractivity contribution in [2.75, 3.05) is 11.9 Å². The Morgan fingerprint density at radius 1 is 1.08 bits per heavy atom. The number of benzene rings is 2. The number of carbonyl (C=O) groups is 1. The summed E-state index contributed by atoms with van der Waals surface area (Å²) < 4.78 is 5.38. The Morgan fingerprint density at radius 2 is 1.71 bits per heavy atom. The van der Waals surface area contributed by atoms with Crippen LogP contribution in [0.2, 0.25) is 0 Å². The van der Waals surface area contributed by atoms with Gasteiger partial charge in [0.15, 0.2) is 0 Å². The van der Waals surface area contributed by atoms with Crippen LogP contribution in [0.4, 0.5) is 10.5 Å². The third-order valence-electron chi connectivity index (χ3n) is 3.63. The van der Waals surface area contributed by atoms with E-state index in [-0.39, 0.29) is 0 Å². The largest absolute Gasteiger partial charge is 0.443 e. The van der Waals surface area contributed by atoms with Crippen LogP contribution in [0.3, 0.4) is 0 Å². The number of aryl methyl sites for hydroxylation is 1. The number of hydrogen-bond donors (Lipinski definition) is 1. The number of ether oxygens (including phenoxy) is 1. The van der Waals surface area contributed by atoms with E-state index in [0.29, 0.717) is 5.69 Å². The number of hydrogen-bond acceptors (Lipinski definition) is 3. The summed E-state index contributed by atoms with van der Waals surface area (Å²) in [4.78, 5) is 13.6. The molecule has 1 amide bonds. The normalized spacial score (nSPS) is 12.6. The molecule has 0 saturated carbocycles. The lowest BCUT2D eigenvalue weighted by atomic mass is 10.00. The van der Waals surface area contributed by atoms with Gasteiger partial charge in [-0.2, -0.15) is 0 Å². The molecule has 2 aromatic carbocycles. The minimum absolute atomic E-state index is 0.426. The average Bonchev–Trinajstić information content (AvgIpc) is 2.52. The fourth-order valence-electron chi connectivity index (χ4n) is 2.28. The first-order chi connectivity index (χ1) is 11.2. The molecule has 24 heavy (non-hydrogen) atoms. The van der Waals surface area contributed by atoms with E-state index >= 15 is 0 Å². The molecule has 0 saturated heterocycles. The Labute approximate surface area is 143 Å². The highest BCUT2D eigenvalue weighted by Crippen LogP contribution is 2.26. The monoisotopic (exact) mass is 327 g/mol. The van der Waals surface area contributed by atoms with Crippen molar-refractivity contribution in [2.45, 2.75) is 39.4 Å². The molecule has 2 aromatic rings. The van der Waals surface area contributed by atoms with E-state index in [0.717, 1.165) is 16.7 Å². The molecule has 0 heterocycles. The number of aliphatic hydroxyl groups excluding tert-OH is 1. The quantitative estimate of drug-likeness (QED) is 0.906. The van der Waals surface area contributed by atoms with Crippen molar-refractivity contribution in [3.05, 3.63) is 65.2 Å². The molecule has 1 N–H and O–H groups in total. The number of anilines is 1. The van der Waals surface area contributed by atoms with E-state index in [2.05, 4.69) is 0 Å². The topological polar surface area (TPSA) is 49.8 Å². The van der Waals surface area contributed by atoms with Gasteiger partial charge in [-0.3, -0.25) is 4.90 Å². The highest BCUT2D eigenvalue weighted by molar-refractivity contribution is 5.87. The van der Waals surface area contributed by atoms with Crippen LogP contribution in [0.25, 0.3) is 0 Å². The maximum atomic E-state index is 12.2. The molecule has 4 heteroatoms. The van der Waals surface area contributed by atoms with Gasteiger partial charge in [-0.25, -0.2) is 4.79 Å². The second kappa shape index (κ2) is 7.05. The maximum absolute atomic E-state index is 12.2. The number of amides is 1. The molecule has 0 spiro atoms. The molecule has 0 fully saturated rings. The summed E-state index contributed by atoms with van der Waals surface area (Å²) in [5.74, 6) is 0. The minimum atomic E-state index is -0.738. The van der Waals surface area contributed by atoms with Gasteiger partial charge < -0.3 is 9.84 Å². The minimum Gasteiger partial charge on any atom is -0.443 e. The van der Waals surface area contributed by atoms with Crippen molar-refractivity contribution in [1.29, 1.82) is 0 Å². The first-order valence-electron chi connectivity index (χ1n) is 7.99. The fraction of sp³-hybridized carbons (Fsp3) is 0.350. The Bertz CT molecular complexity index is 702. The van der Waals surface area contributed by atoms with Gasteiger partial charge in [-0.05, 0) is 51.0 Å². The van der Waals surface area contributed by atoms with Crippen molar-refractivity contribution < 1.29 is 14.6 Å². The molecular weight excluding hydrogens is 302 g/mol.